The van der Waals surface area contributed by atoms with Gasteiger partial charge in [0.2, 0.25) is 11.7 Å². The van der Waals surface area contributed by atoms with Crippen molar-refractivity contribution in [2.75, 3.05) is 31.1 Å². The Morgan fingerprint density at radius 2 is 1.91 bits per heavy atom. The highest BCUT2D eigenvalue weighted by molar-refractivity contribution is 5.66. The zero-order chi connectivity index (χ0) is 23.6. The summed E-state index contributed by atoms with van der Waals surface area (Å²) in [6.45, 7) is 2.41. The largest absolute Gasteiger partial charge is 0.416 e. The number of alkyl halides is 3. The van der Waals surface area contributed by atoms with E-state index >= 15 is 0 Å². The molecule has 9 nitrogen and oxygen atoms in total. The lowest BCUT2D eigenvalue weighted by molar-refractivity contribution is -0.384. The molecule has 1 saturated heterocycles. The summed E-state index contributed by atoms with van der Waals surface area (Å²) >= 11 is 0. The smallest absolute Gasteiger partial charge is 0.363 e. The number of halogens is 3. The SMILES string of the molecule is N#Cc1ccc(N2CCN(Cc3nc(-c4cccc(C(F)(F)F)c4)no3)CC2)c([N+](=O)[O-])c1. The van der Waals surface area contributed by atoms with E-state index in [9.17, 15) is 23.3 Å². The van der Waals surface area contributed by atoms with Gasteiger partial charge in [-0.1, -0.05) is 17.3 Å². The number of hydrogen-bond acceptors (Lipinski definition) is 8. The second kappa shape index (κ2) is 8.87. The number of aromatic nitrogens is 2. The minimum absolute atomic E-state index is 0.0722. The number of nitriles is 1. The van der Waals surface area contributed by atoms with Gasteiger partial charge in [0.1, 0.15) is 5.69 Å². The molecule has 4 rings (SSSR count). The van der Waals surface area contributed by atoms with Crippen molar-refractivity contribution in [3.63, 3.8) is 0 Å². The van der Waals surface area contributed by atoms with Gasteiger partial charge in [-0.25, -0.2) is 0 Å². The third-order valence-electron chi connectivity index (χ3n) is 5.29. The van der Waals surface area contributed by atoms with Crippen LogP contribution in [0, 0.1) is 21.4 Å². The Labute approximate surface area is 185 Å². The van der Waals surface area contributed by atoms with Gasteiger partial charge in [0, 0.05) is 37.8 Å². The molecule has 3 aromatic rings. The van der Waals surface area contributed by atoms with Crippen LogP contribution in [0.2, 0.25) is 0 Å². The van der Waals surface area contributed by atoms with Gasteiger partial charge in [0.15, 0.2) is 0 Å². The lowest BCUT2D eigenvalue weighted by atomic mass is 10.1. The van der Waals surface area contributed by atoms with Gasteiger partial charge in [-0.05, 0) is 24.3 Å². The van der Waals surface area contributed by atoms with E-state index < -0.39 is 16.7 Å². The maximum absolute atomic E-state index is 12.9. The molecule has 0 radical (unpaired) electrons. The molecule has 33 heavy (non-hydrogen) atoms. The maximum Gasteiger partial charge on any atom is 0.416 e. The van der Waals surface area contributed by atoms with E-state index in [1.165, 1.54) is 18.2 Å². The molecule has 0 unspecified atom stereocenters. The summed E-state index contributed by atoms with van der Waals surface area (Å²) < 4.78 is 44.0. The third kappa shape index (κ3) is 4.93. The summed E-state index contributed by atoms with van der Waals surface area (Å²) in [4.78, 5) is 19.0. The van der Waals surface area contributed by atoms with E-state index in [4.69, 9.17) is 9.78 Å². The predicted octanol–water partition coefficient (Wildman–Crippen LogP) is 3.86. The normalized spacial score (nSPS) is 14.8. The number of hydrogen-bond donors (Lipinski definition) is 0. The minimum atomic E-state index is -4.47. The maximum atomic E-state index is 12.9. The van der Waals surface area contributed by atoms with Gasteiger partial charge in [-0.2, -0.15) is 23.4 Å². The number of nitrogens with zero attached hydrogens (tertiary/aromatic N) is 6. The van der Waals surface area contributed by atoms with E-state index in [1.807, 2.05) is 15.9 Å². The molecular formula is C21H17F3N6O3. The number of nitro groups is 1. The van der Waals surface area contributed by atoms with Crippen LogP contribution in [0.4, 0.5) is 24.5 Å². The van der Waals surface area contributed by atoms with Crippen LogP contribution in [-0.2, 0) is 12.7 Å². The standard InChI is InChI=1S/C21H17F3N6O3/c22-21(23,24)16-3-1-2-15(11-16)20-26-19(33-27-20)13-28-6-8-29(9-7-28)17-5-4-14(12-25)10-18(17)30(31)32/h1-5,10-11H,6-9,13H2. The van der Waals surface area contributed by atoms with Gasteiger partial charge in [-0.15, -0.1) is 0 Å². The zero-order valence-corrected chi connectivity index (χ0v) is 17.1. The molecule has 0 bridgehead atoms. The number of anilines is 1. The van der Waals surface area contributed by atoms with Crippen molar-refractivity contribution in [1.82, 2.24) is 15.0 Å². The van der Waals surface area contributed by atoms with Crippen LogP contribution in [0.5, 0.6) is 0 Å². The highest BCUT2D eigenvalue weighted by Crippen LogP contribution is 2.32. The van der Waals surface area contributed by atoms with Crippen LogP contribution in [0.3, 0.4) is 0 Å². The minimum Gasteiger partial charge on any atom is -0.363 e. The van der Waals surface area contributed by atoms with Crippen LogP contribution in [0.25, 0.3) is 11.4 Å². The summed E-state index contributed by atoms with van der Waals surface area (Å²) in [5.41, 5.74) is -0.0393. The molecule has 2 aromatic carbocycles. The third-order valence-corrected chi connectivity index (χ3v) is 5.29. The van der Waals surface area contributed by atoms with Gasteiger partial charge in [0.05, 0.1) is 28.7 Å². The summed E-state index contributed by atoms with van der Waals surface area (Å²) in [5, 5.41) is 24.2. The average molecular weight is 458 g/mol. The second-order valence-corrected chi connectivity index (χ2v) is 7.43. The fourth-order valence-corrected chi connectivity index (χ4v) is 3.62. The first-order valence-corrected chi connectivity index (χ1v) is 9.90. The lowest BCUT2D eigenvalue weighted by Crippen LogP contribution is -2.46. The first kappa shape index (κ1) is 22.2. The molecule has 0 amide bonds. The summed E-state index contributed by atoms with van der Waals surface area (Å²) in [6, 6.07) is 11.0. The van der Waals surface area contributed by atoms with Crippen LogP contribution in [0.1, 0.15) is 17.0 Å². The number of rotatable bonds is 5. The topological polar surface area (TPSA) is 112 Å². The number of nitro benzene ring substituents is 1. The summed E-state index contributed by atoms with van der Waals surface area (Å²) in [5.74, 6) is 0.336. The Morgan fingerprint density at radius 1 is 1.15 bits per heavy atom. The molecule has 2 heterocycles. The zero-order valence-electron chi connectivity index (χ0n) is 17.1. The lowest BCUT2D eigenvalue weighted by Gasteiger charge is -2.35. The van der Waals surface area contributed by atoms with Crippen molar-refractivity contribution in [2.45, 2.75) is 12.7 Å². The van der Waals surface area contributed by atoms with Crippen molar-refractivity contribution < 1.29 is 22.6 Å². The predicted molar refractivity (Wildman–Crippen MR) is 110 cm³/mol. The van der Waals surface area contributed by atoms with Gasteiger partial charge in [-0.3, -0.25) is 15.0 Å². The molecule has 1 aliphatic heterocycles. The highest BCUT2D eigenvalue weighted by Gasteiger charge is 2.31. The van der Waals surface area contributed by atoms with E-state index in [2.05, 4.69) is 10.1 Å². The second-order valence-electron chi connectivity index (χ2n) is 7.43. The molecule has 1 aromatic heterocycles. The summed E-state index contributed by atoms with van der Waals surface area (Å²) in [7, 11) is 0. The quantitative estimate of drug-likeness (QED) is 0.419. The fourth-order valence-electron chi connectivity index (χ4n) is 3.62. The first-order valence-electron chi connectivity index (χ1n) is 9.90. The monoisotopic (exact) mass is 458 g/mol. The molecule has 170 valence electrons. The van der Waals surface area contributed by atoms with Gasteiger partial charge < -0.3 is 9.42 Å². The number of piperazine rings is 1. The van der Waals surface area contributed by atoms with E-state index in [0.717, 1.165) is 12.1 Å². The molecule has 0 spiro atoms. The van der Waals surface area contributed by atoms with E-state index in [1.54, 1.807) is 12.1 Å². The van der Waals surface area contributed by atoms with Gasteiger partial charge >= 0.3 is 6.18 Å². The van der Waals surface area contributed by atoms with Crippen LogP contribution in [0.15, 0.2) is 47.0 Å². The molecular weight excluding hydrogens is 441 g/mol. The molecule has 1 aliphatic rings. The van der Waals surface area contributed by atoms with Crippen LogP contribution >= 0.6 is 0 Å². The Bertz CT molecular complexity index is 1210. The average Bonchev–Trinajstić information content (AvgIpc) is 3.27. The fraction of sp³-hybridized carbons (Fsp3) is 0.286. The molecule has 12 heteroatoms. The van der Waals surface area contributed by atoms with Crippen molar-refractivity contribution in [3.8, 4) is 17.5 Å². The molecule has 0 aliphatic carbocycles. The van der Waals surface area contributed by atoms with E-state index in [-0.39, 0.29) is 28.5 Å². The Balaban J connectivity index is 1.41. The van der Waals surface area contributed by atoms with Crippen molar-refractivity contribution >= 4 is 11.4 Å². The molecule has 0 atom stereocenters. The van der Waals surface area contributed by atoms with Crippen LogP contribution in [-0.4, -0.2) is 46.1 Å². The highest BCUT2D eigenvalue weighted by atomic mass is 19.4. The van der Waals surface area contributed by atoms with Crippen LogP contribution < -0.4 is 4.90 Å². The number of benzene rings is 2. The first-order chi connectivity index (χ1) is 15.7. The van der Waals surface area contributed by atoms with Crippen molar-refractivity contribution in [3.05, 3.63) is 69.6 Å². The molecule has 0 saturated carbocycles. The van der Waals surface area contributed by atoms with Gasteiger partial charge in [0.25, 0.3) is 5.69 Å². The van der Waals surface area contributed by atoms with E-state index in [0.29, 0.717) is 38.4 Å². The Hall–Kier alpha value is -3.98. The van der Waals surface area contributed by atoms with Crippen molar-refractivity contribution in [1.29, 1.82) is 5.26 Å². The molecule has 0 N–H and O–H groups in total. The van der Waals surface area contributed by atoms with Crippen molar-refractivity contribution in [2.24, 2.45) is 0 Å². The summed E-state index contributed by atoms with van der Waals surface area (Å²) in [6.07, 6.45) is -4.47. The molecule has 1 fully saturated rings. The Morgan fingerprint density at radius 3 is 2.58 bits per heavy atom. The Kier molecular flexibility index (Phi) is 5.97.